The van der Waals surface area contributed by atoms with Gasteiger partial charge in [-0.25, -0.2) is 4.98 Å². The predicted molar refractivity (Wildman–Crippen MR) is 177 cm³/mol. The smallest absolute Gasteiger partial charge is 0.374 e. The molecular formula is C22H29NO3S9Si. The van der Waals surface area contributed by atoms with Crippen LogP contribution in [0.3, 0.4) is 0 Å². The fraction of sp³-hybridized carbons (Fsp3) is 0.409. The largest absolute Gasteiger partial charge is 0.501 e. The minimum Gasteiger partial charge on any atom is -0.374 e. The number of nitrogens with zero attached hydrogens (tertiary/aromatic N) is 1. The Bertz CT molecular complexity index is 1010. The highest BCUT2D eigenvalue weighted by Crippen LogP contribution is 2.59. The molecular weight excluding hydrogens is 643 g/mol. The van der Waals surface area contributed by atoms with E-state index in [1.54, 1.807) is 81.1 Å². The molecule has 36 heavy (non-hydrogen) atoms. The van der Waals surface area contributed by atoms with Crippen molar-refractivity contribution >= 4 is 111 Å². The summed E-state index contributed by atoms with van der Waals surface area (Å²) in [5, 5.41) is 0. The average Bonchev–Trinajstić information content (AvgIpc) is 3.29. The van der Waals surface area contributed by atoms with E-state index in [4.69, 9.17) is 13.3 Å². The number of thiazole rings is 1. The maximum Gasteiger partial charge on any atom is 0.501 e. The number of hydrogen-bond donors (Lipinski definition) is 0. The molecule has 4 nitrogen and oxygen atoms in total. The summed E-state index contributed by atoms with van der Waals surface area (Å²) in [5.74, 6) is 0. The molecule has 0 atom stereocenters. The predicted octanol–water partition coefficient (Wildman–Crippen LogP) is 10.9. The summed E-state index contributed by atoms with van der Waals surface area (Å²) < 4.78 is 20.5. The fourth-order valence-corrected chi connectivity index (χ4v) is 24.1. The SMILES string of the molecule is CCO[Si](CCc1cc(C)ccc1SSSSSSSSc1nc2ccccc2s1)(OCC)OCC. The molecule has 1 heterocycles. The second-order valence-corrected chi connectivity index (χ2v) is 23.9. The molecule has 0 spiro atoms. The lowest BCUT2D eigenvalue weighted by Gasteiger charge is -2.28. The Labute approximate surface area is 249 Å². The Balaban J connectivity index is 1.40. The molecule has 1 aromatic heterocycles. The van der Waals surface area contributed by atoms with Crippen LogP contribution in [0, 0.1) is 6.92 Å². The second kappa shape index (κ2) is 17.8. The number of para-hydroxylation sites is 1. The Morgan fingerprint density at radius 3 is 2.11 bits per heavy atom. The maximum atomic E-state index is 6.05. The van der Waals surface area contributed by atoms with Gasteiger partial charge in [0.2, 0.25) is 0 Å². The van der Waals surface area contributed by atoms with Crippen LogP contribution in [0.5, 0.6) is 0 Å². The van der Waals surface area contributed by atoms with E-state index in [1.807, 2.05) is 37.6 Å². The van der Waals surface area contributed by atoms with E-state index in [2.05, 4.69) is 48.3 Å². The number of hydrogen-bond acceptors (Lipinski definition) is 13. The minimum atomic E-state index is -2.65. The molecule has 2 aromatic carbocycles. The van der Waals surface area contributed by atoms with Crippen molar-refractivity contribution in [1.82, 2.24) is 4.98 Å². The minimum absolute atomic E-state index is 0.610. The lowest BCUT2D eigenvalue weighted by molar-refractivity contribution is 0.0714. The van der Waals surface area contributed by atoms with Gasteiger partial charge in [-0.15, -0.1) is 11.3 Å². The molecule has 3 rings (SSSR count). The van der Waals surface area contributed by atoms with Gasteiger partial charge in [-0.3, -0.25) is 0 Å². The average molecular weight is 672 g/mol. The van der Waals surface area contributed by atoms with Crippen LogP contribution in [0.25, 0.3) is 10.2 Å². The zero-order valence-electron chi connectivity index (χ0n) is 20.4. The monoisotopic (exact) mass is 671 g/mol. The Kier molecular flexibility index (Phi) is 15.7. The molecule has 0 unspecified atom stereocenters. The topological polar surface area (TPSA) is 40.6 Å². The van der Waals surface area contributed by atoms with Gasteiger partial charge in [0.05, 0.1) is 10.2 Å². The van der Waals surface area contributed by atoms with Crippen LogP contribution in [0.1, 0.15) is 31.9 Å². The van der Waals surface area contributed by atoms with Crippen LogP contribution in [0.15, 0.2) is 51.7 Å². The molecule has 0 amide bonds. The van der Waals surface area contributed by atoms with Crippen molar-refractivity contribution in [3.05, 3.63) is 53.6 Å². The van der Waals surface area contributed by atoms with E-state index in [1.165, 1.54) is 20.7 Å². The van der Waals surface area contributed by atoms with Gasteiger partial charge in [-0.1, -0.05) is 29.8 Å². The highest BCUT2D eigenvalue weighted by molar-refractivity contribution is 9.48. The van der Waals surface area contributed by atoms with Crippen LogP contribution < -0.4 is 0 Å². The zero-order chi connectivity index (χ0) is 25.6. The summed E-state index contributed by atoms with van der Waals surface area (Å²) in [6, 6.07) is 15.8. The van der Waals surface area contributed by atoms with E-state index in [9.17, 15) is 0 Å². The molecule has 0 saturated heterocycles. The van der Waals surface area contributed by atoms with E-state index in [0.717, 1.165) is 22.3 Å². The highest BCUT2D eigenvalue weighted by Gasteiger charge is 2.40. The third-order valence-electron chi connectivity index (χ3n) is 4.65. The summed E-state index contributed by atoms with van der Waals surface area (Å²) in [6.07, 6.45) is 0.888. The number of aromatic nitrogens is 1. The van der Waals surface area contributed by atoms with Crippen molar-refractivity contribution < 1.29 is 13.3 Å². The van der Waals surface area contributed by atoms with Crippen molar-refractivity contribution in [2.24, 2.45) is 0 Å². The van der Waals surface area contributed by atoms with Gasteiger partial charge < -0.3 is 13.3 Å². The molecule has 0 aliphatic rings. The first-order chi connectivity index (χ1) is 17.6. The van der Waals surface area contributed by atoms with Crippen molar-refractivity contribution in [3.63, 3.8) is 0 Å². The van der Waals surface area contributed by atoms with Gasteiger partial charge in [0.25, 0.3) is 0 Å². The lowest BCUT2D eigenvalue weighted by Crippen LogP contribution is -2.46. The van der Waals surface area contributed by atoms with E-state index >= 15 is 0 Å². The first kappa shape index (κ1) is 31.8. The normalized spacial score (nSPS) is 12.0. The molecule has 0 fully saturated rings. The first-order valence-electron chi connectivity index (χ1n) is 11.3. The van der Waals surface area contributed by atoms with Gasteiger partial charge in [0, 0.05) is 30.8 Å². The van der Waals surface area contributed by atoms with Crippen molar-refractivity contribution in [3.8, 4) is 0 Å². The van der Waals surface area contributed by atoms with E-state index < -0.39 is 8.80 Å². The van der Waals surface area contributed by atoms with Crippen LogP contribution in [-0.2, 0) is 19.7 Å². The van der Waals surface area contributed by atoms with Crippen LogP contribution in [0.2, 0.25) is 6.04 Å². The van der Waals surface area contributed by atoms with E-state index in [-0.39, 0.29) is 0 Å². The zero-order valence-corrected chi connectivity index (χ0v) is 28.8. The molecule has 198 valence electrons. The Morgan fingerprint density at radius 1 is 0.806 bits per heavy atom. The molecule has 0 radical (unpaired) electrons. The summed E-state index contributed by atoms with van der Waals surface area (Å²) >= 11 is 1.75. The van der Waals surface area contributed by atoms with Crippen LogP contribution in [-0.4, -0.2) is 33.6 Å². The molecule has 0 bridgehead atoms. The quantitative estimate of drug-likeness (QED) is 0.0734. The van der Waals surface area contributed by atoms with E-state index in [0.29, 0.717) is 19.8 Å². The Morgan fingerprint density at radius 2 is 1.44 bits per heavy atom. The van der Waals surface area contributed by atoms with Crippen LogP contribution in [0.4, 0.5) is 0 Å². The number of fused-ring (bicyclic) bond motifs is 1. The van der Waals surface area contributed by atoms with Crippen molar-refractivity contribution in [2.75, 3.05) is 19.8 Å². The standard InChI is InChI=1S/C22H29NO3S9Si/c1-5-24-36(25-6-2,26-7-3)15-14-18-16-17(4)12-13-20(18)28-30-32-34-35-33-31-29-22-23-19-10-8-9-11-21(19)27-22/h8-13,16H,5-7,14-15H2,1-4H3. The summed E-state index contributed by atoms with van der Waals surface area (Å²) in [7, 11) is 11.6. The number of rotatable bonds is 18. The molecule has 0 aliphatic heterocycles. The van der Waals surface area contributed by atoms with Crippen molar-refractivity contribution in [1.29, 1.82) is 0 Å². The summed E-state index contributed by atoms with van der Waals surface area (Å²) in [4.78, 5) is 5.96. The Hall–Kier alpha value is 1.23. The van der Waals surface area contributed by atoms with Gasteiger partial charge >= 0.3 is 8.80 Å². The highest BCUT2D eigenvalue weighted by atomic mass is 34.0. The number of aryl methyl sites for hydroxylation is 2. The molecule has 0 aliphatic carbocycles. The number of benzene rings is 2. The maximum absolute atomic E-state index is 6.05. The van der Waals surface area contributed by atoms with Gasteiger partial charge in [-0.2, -0.15) is 0 Å². The van der Waals surface area contributed by atoms with Gasteiger partial charge in [0.1, 0.15) is 0 Å². The second-order valence-electron chi connectivity index (χ2n) is 7.12. The van der Waals surface area contributed by atoms with Gasteiger partial charge in [0.15, 0.2) is 4.34 Å². The summed E-state index contributed by atoms with van der Waals surface area (Å²) in [5.41, 5.74) is 3.69. The lowest BCUT2D eigenvalue weighted by atomic mass is 10.1. The summed E-state index contributed by atoms with van der Waals surface area (Å²) in [6.45, 7) is 10.00. The molecule has 0 saturated carbocycles. The first-order valence-corrected chi connectivity index (χ1v) is 24.2. The van der Waals surface area contributed by atoms with Crippen molar-refractivity contribution in [2.45, 2.75) is 49.4 Å². The third kappa shape index (κ3) is 10.7. The molecule has 3 aromatic rings. The third-order valence-corrected chi connectivity index (χ3v) is 24.1. The van der Waals surface area contributed by atoms with Gasteiger partial charge in [-0.05, 0) is 138 Å². The van der Waals surface area contributed by atoms with Crippen LogP contribution >= 0.6 is 91.9 Å². The fourth-order valence-electron chi connectivity index (χ4n) is 3.30. The molecule has 0 N–H and O–H groups in total. The molecule has 14 heteroatoms.